The van der Waals surface area contributed by atoms with E-state index in [1.807, 2.05) is 30.3 Å². The van der Waals surface area contributed by atoms with Crippen LogP contribution in [0, 0.1) is 0 Å². The van der Waals surface area contributed by atoms with Gasteiger partial charge in [0.05, 0.1) is 19.9 Å². The molecule has 156 valence electrons. The molecule has 2 aromatic heterocycles. The number of nitrogens with one attached hydrogen (secondary N) is 1. The summed E-state index contributed by atoms with van der Waals surface area (Å²) in [4.78, 5) is 26.5. The van der Waals surface area contributed by atoms with E-state index in [1.165, 1.54) is 0 Å². The molecule has 0 bridgehead atoms. The molecule has 0 spiro atoms. The number of aromatic amines is 1. The summed E-state index contributed by atoms with van der Waals surface area (Å²) in [6.07, 6.45) is 5.47. The van der Waals surface area contributed by atoms with Crippen molar-refractivity contribution in [2.24, 2.45) is 0 Å². The number of nitrogens with zero attached hydrogens (tertiary/aromatic N) is 3. The zero-order valence-electron chi connectivity index (χ0n) is 17.3. The number of piperidine rings is 1. The van der Waals surface area contributed by atoms with Gasteiger partial charge < -0.3 is 14.5 Å². The normalized spacial score (nSPS) is 16.9. The minimum atomic E-state index is -0.124. The number of ether oxygens (including phenoxy) is 2. The monoisotopic (exact) mass is 406 g/mol. The Morgan fingerprint density at radius 3 is 2.53 bits per heavy atom. The summed E-state index contributed by atoms with van der Waals surface area (Å²) in [5, 5.41) is 0. The van der Waals surface area contributed by atoms with Gasteiger partial charge in [0.2, 0.25) is 0 Å². The minimum absolute atomic E-state index is 0.124. The van der Waals surface area contributed by atoms with Crippen LogP contribution in [0.4, 0.5) is 0 Å². The second-order valence-corrected chi connectivity index (χ2v) is 7.55. The van der Waals surface area contributed by atoms with E-state index in [-0.39, 0.29) is 11.5 Å². The summed E-state index contributed by atoms with van der Waals surface area (Å²) in [5.41, 5.74) is 2.60. The molecular formula is C23H26N4O3. The average molecular weight is 406 g/mol. The maximum atomic E-state index is 12.3. The van der Waals surface area contributed by atoms with Crippen molar-refractivity contribution in [3.63, 3.8) is 0 Å². The molecule has 7 nitrogen and oxygen atoms in total. The smallest absolute Gasteiger partial charge is 0.251 e. The van der Waals surface area contributed by atoms with Crippen LogP contribution in [0.15, 0.2) is 53.6 Å². The van der Waals surface area contributed by atoms with Gasteiger partial charge in [-0.1, -0.05) is 0 Å². The molecule has 3 aromatic rings. The van der Waals surface area contributed by atoms with Gasteiger partial charge in [0, 0.05) is 49.1 Å². The summed E-state index contributed by atoms with van der Waals surface area (Å²) in [5.74, 6) is 2.51. The molecule has 4 rings (SSSR count). The number of H-pyrrole nitrogens is 1. The quantitative estimate of drug-likeness (QED) is 0.677. The van der Waals surface area contributed by atoms with Gasteiger partial charge in [0.1, 0.15) is 17.3 Å². The summed E-state index contributed by atoms with van der Waals surface area (Å²) in [6, 6.07) is 11.2. The van der Waals surface area contributed by atoms with Crippen LogP contribution >= 0.6 is 0 Å². The minimum Gasteiger partial charge on any atom is -0.497 e. The molecule has 1 aliphatic heterocycles. The molecule has 1 aromatic carbocycles. The number of rotatable bonds is 6. The van der Waals surface area contributed by atoms with Crippen molar-refractivity contribution in [2.75, 3.05) is 27.3 Å². The molecule has 0 saturated carbocycles. The van der Waals surface area contributed by atoms with Gasteiger partial charge in [0.15, 0.2) is 0 Å². The first-order valence-corrected chi connectivity index (χ1v) is 10.1. The summed E-state index contributed by atoms with van der Waals surface area (Å²) in [7, 11) is 3.32. The summed E-state index contributed by atoms with van der Waals surface area (Å²) in [6.45, 7) is 2.63. The number of aromatic nitrogens is 3. The average Bonchev–Trinajstić information content (AvgIpc) is 2.79. The standard InChI is InChI=1S/C23H26N4O3/c1-29-19-10-16(11-20(12-19)30-2)14-27-9-3-4-18(15-27)23-25-21(13-22(28)26-23)17-5-7-24-8-6-17/h5-8,10-13,18H,3-4,9,14-15H2,1-2H3,(H,25,26,28). The highest BCUT2D eigenvalue weighted by Gasteiger charge is 2.24. The summed E-state index contributed by atoms with van der Waals surface area (Å²) < 4.78 is 10.8. The lowest BCUT2D eigenvalue weighted by Crippen LogP contribution is -2.35. The topological polar surface area (TPSA) is 80.3 Å². The lowest BCUT2D eigenvalue weighted by Gasteiger charge is -2.32. The van der Waals surface area contributed by atoms with Crippen molar-refractivity contribution >= 4 is 0 Å². The van der Waals surface area contributed by atoms with Crippen LogP contribution in [0.5, 0.6) is 11.5 Å². The van der Waals surface area contributed by atoms with Gasteiger partial charge in [0.25, 0.3) is 5.56 Å². The number of hydrogen-bond acceptors (Lipinski definition) is 6. The Kier molecular flexibility index (Phi) is 6.09. The Labute approximate surface area is 175 Å². The first-order chi connectivity index (χ1) is 14.6. The van der Waals surface area contributed by atoms with Crippen molar-refractivity contribution in [1.29, 1.82) is 0 Å². The molecule has 1 unspecified atom stereocenters. The second kappa shape index (κ2) is 9.09. The van der Waals surface area contributed by atoms with Gasteiger partial charge in [-0.25, -0.2) is 4.98 Å². The Morgan fingerprint density at radius 1 is 1.10 bits per heavy atom. The predicted molar refractivity (Wildman–Crippen MR) is 115 cm³/mol. The van der Waals surface area contributed by atoms with Crippen molar-refractivity contribution in [3.05, 3.63) is 70.5 Å². The second-order valence-electron chi connectivity index (χ2n) is 7.55. The number of benzene rings is 1. The fraction of sp³-hybridized carbons (Fsp3) is 0.348. The SMILES string of the molecule is COc1cc(CN2CCCC(c3nc(-c4ccncc4)cc(=O)[nH]3)C2)cc(OC)c1. The third-order valence-corrected chi connectivity index (χ3v) is 5.45. The third kappa shape index (κ3) is 4.68. The van der Waals surface area contributed by atoms with Crippen LogP contribution in [0.25, 0.3) is 11.3 Å². The van der Waals surface area contributed by atoms with Crippen LogP contribution in [0.1, 0.15) is 30.1 Å². The van der Waals surface area contributed by atoms with E-state index in [0.717, 1.165) is 60.9 Å². The van der Waals surface area contributed by atoms with Crippen molar-refractivity contribution in [1.82, 2.24) is 19.9 Å². The van der Waals surface area contributed by atoms with Crippen molar-refractivity contribution in [3.8, 4) is 22.8 Å². The van der Waals surface area contributed by atoms with Crippen molar-refractivity contribution in [2.45, 2.75) is 25.3 Å². The molecule has 1 fully saturated rings. The highest BCUT2D eigenvalue weighted by molar-refractivity contribution is 5.57. The summed E-state index contributed by atoms with van der Waals surface area (Å²) >= 11 is 0. The first-order valence-electron chi connectivity index (χ1n) is 10.1. The van der Waals surface area contributed by atoms with Crippen LogP contribution in [0.3, 0.4) is 0 Å². The highest BCUT2D eigenvalue weighted by atomic mass is 16.5. The molecule has 0 radical (unpaired) electrons. The van der Waals surface area contributed by atoms with E-state index in [1.54, 1.807) is 32.7 Å². The Morgan fingerprint density at radius 2 is 1.83 bits per heavy atom. The largest absolute Gasteiger partial charge is 0.497 e. The van der Waals surface area contributed by atoms with E-state index < -0.39 is 0 Å². The van der Waals surface area contributed by atoms with Crippen molar-refractivity contribution < 1.29 is 9.47 Å². The molecular weight excluding hydrogens is 380 g/mol. The van der Waals surface area contributed by atoms with E-state index in [9.17, 15) is 4.79 Å². The lowest BCUT2D eigenvalue weighted by molar-refractivity contribution is 0.196. The number of pyridine rings is 1. The zero-order valence-corrected chi connectivity index (χ0v) is 17.3. The van der Waals surface area contributed by atoms with Crippen LogP contribution in [0.2, 0.25) is 0 Å². The Bertz CT molecular complexity index is 1030. The fourth-order valence-electron chi connectivity index (χ4n) is 3.98. The predicted octanol–water partition coefficient (Wildman–Crippen LogP) is 3.23. The maximum Gasteiger partial charge on any atom is 0.251 e. The van der Waals surface area contributed by atoms with E-state index in [0.29, 0.717) is 5.69 Å². The van der Waals surface area contributed by atoms with Crippen LogP contribution in [-0.2, 0) is 6.54 Å². The van der Waals surface area contributed by atoms with Gasteiger partial charge in [-0.05, 0) is 49.2 Å². The molecule has 1 saturated heterocycles. The number of likely N-dealkylation sites (tertiary alicyclic amines) is 1. The molecule has 1 atom stereocenters. The molecule has 3 heterocycles. The van der Waals surface area contributed by atoms with Crippen LogP contribution in [-0.4, -0.2) is 47.2 Å². The fourth-order valence-corrected chi connectivity index (χ4v) is 3.98. The molecule has 30 heavy (non-hydrogen) atoms. The van der Waals surface area contributed by atoms with E-state index in [4.69, 9.17) is 14.5 Å². The van der Waals surface area contributed by atoms with E-state index in [2.05, 4.69) is 14.9 Å². The van der Waals surface area contributed by atoms with E-state index >= 15 is 0 Å². The third-order valence-electron chi connectivity index (χ3n) is 5.45. The molecule has 0 amide bonds. The van der Waals surface area contributed by atoms with Gasteiger partial charge in [-0.3, -0.25) is 14.7 Å². The first kappa shape index (κ1) is 20.1. The maximum absolute atomic E-state index is 12.3. The molecule has 0 aliphatic carbocycles. The number of hydrogen-bond donors (Lipinski definition) is 1. The zero-order chi connectivity index (χ0) is 20.9. The molecule has 1 N–H and O–H groups in total. The Hall–Kier alpha value is -3.19. The Balaban J connectivity index is 1.53. The highest BCUT2D eigenvalue weighted by Crippen LogP contribution is 2.28. The van der Waals surface area contributed by atoms with Gasteiger partial charge >= 0.3 is 0 Å². The molecule has 1 aliphatic rings. The lowest BCUT2D eigenvalue weighted by atomic mass is 9.96. The molecule has 7 heteroatoms. The number of methoxy groups -OCH3 is 2. The van der Waals surface area contributed by atoms with Gasteiger partial charge in [-0.2, -0.15) is 0 Å². The van der Waals surface area contributed by atoms with Gasteiger partial charge in [-0.15, -0.1) is 0 Å². The van der Waals surface area contributed by atoms with Crippen LogP contribution < -0.4 is 15.0 Å².